The summed E-state index contributed by atoms with van der Waals surface area (Å²) in [6.07, 6.45) is 1.75. The molecule has 11 heteroatoms. The number of piperazine rings is 1. The standard InChI is InChI=1S/C18H26N6O2S2.HI/c1-19-18(22-15-16-5-4-13-27-16)21-8-14-28(25,26)24-11-9-23(10-12-24)17-6-2-3-7-20-17;/h2-7,13H,8-12,14-15H2,1H3,(H2,19,21,22);1H. The van der Waals surface area contributed by atoms with Crippen LogP contribution in [0.15, 0.2) is 46.9 Å². The second-order valence-corrected chi connectivity index (χ2v) is 9.44. The number of aliphatic imine (C=N–C) groups is 1. The van der Waals surface area contributed by atoms with Crippen LogP contribution in [-0.4, -0.2) is 69.2 Å². The summed E-state index contributed by atoms with van der Waals surface area (Å²) in [6, 6.07) is 9.80. The fraction of sp³-hybridized carbons (Fsp3) is 0.444. The molecule has 0 unspecified atom stereocenters. The molecule has 0 saturated carbocycles. The summed E-state index contributed by atoms with van der Waals surface area (Å²) in [5.41, 5.74) is 0. The zero-order valence-electron chi connectivity index (χ0n) is 16.3. The summed E-state index contributed by atoms with van der Waals surface area (Å²) in [6.45, 7) is 3.22. The van der Waals surface area contributed by atoms with Gasteiger partial charge in [-0.05, 0) is 23.6 Å². The monoisotopic (exact) mass is 550 g/mol. The van der Waals surface area contributed by atoms with Gasteiger partial charge in [-0.3, -0.25) is 4.99 Å². The Morgan fingerprint density at radius 2 is 1.97 bits per heavy atom. The van der Waals surface area contributed by atoms with Gasteiger partial charge in [0.25, 0.3) is 0 Å². The minimum atomic E-state index is -3.31. The highest BCUT2D eigenvalue weighted by molar-refractivity contribution is 14.0. The molecule has 2 N–H and O–H groups in total. The van der Waals surface area contributed by atoms with Gasteiger partial charge in [-0.1, -0.05) is 12.1 Å². The van der Waals surface area contributed by atoms with Crippen molar-refractivity contribution in [3.8, 4) is 0 Å². The number of anilines is 1. The van der Waals surface area contributed by atoms with Gasteiger partial charge in [-0.25, -0.2) is 13.4 Å². The Bertz CT molecular complexity index is 854. The predicted molar refractivity (Wildman–Crippen MR) is 130 cm³/mol. The van der Waals surface area contributed by atoms with Crippen LogP contribution in [-0.2, 0) is 16.6 Å². The number of rotatable bonds is 7. The molecule has 1 aliphatic heterocycles. The van der Waals surface area contributed by atoms with Crippen molar-refractivity contribution in [1.29, 1.82) is 0 Å². The van der Waals surface area contributed by atoms with Crippen molar-refractivity contribution in [3.05, 3.63) is 46.8 Å². The van der Waals surface area contributed by atoms with E-state index in [9.17, 15) is 8.42 Å². The van der Waals surface area contributed by atoms with Gasteiger partial charge in [0.2, 0.25) is 10.0 Å². The molecule has 0 aromatic carbocycles. The highest BCUT2D eigenvalue weighted by Crippen LogP contribution is 2.14. The molecule has 160 valence electrons. The smallest absolute Gasteiger partial charge is 0.215 e. The first-order valence-corrected chi connectivity index (χ1v) is 11.7. The van der Waals surface area contributed by atoms with E-state index < -0.39 is 10.0 Å². The van der Waals surface area contributed by atoms with Crippen molar-refractivity contribution in [2.45, 2.75) is 6.54 Å². The lowest BCUT2D eigenvalue weighted by molar-refractivity contribution is 0.384. The fourth-order valence-electron chi connectivity index (χ4n) is 2.97. The number of nitrogens with one attached hydrogen (secondary N) is 2. The molecule has 1 aliphatic rings. The van der Waals surface area contributed by atoms with Gasteiger partial charge in [0, 0.05) is 50.8 Å². The van der Waals surface area contributed by atoms with E-state index in [1.54, 1.807) is 28.9 Å². The summed E-state index contributed by atoms with van der Waals surface area (Å²) in [5, 5.41) is 8.29. The molecule has 1 fully saturated rings. The molecule has 0 spiro atoms. The van der Waals surface area contributed by atoms with Gasteiger partial charge in [-0.2, -0.15) is 4.31 Å². The summed E-state index contributed by atoms with van der Waals surface area (Å²) in [4.78, 5) is 11.8. The first-order valence-electron chi connectivity index (χ1n) is 9.19. The minimum absolute atomic E-state index is 0. The zero-order valence-corrected chi connectivity index (χ0v) is 20.3. The molecular weight excluding hydrogens is 523 g/mol. The number of halogens is 1. The third-order valence-electron chi connectivity index (χ3n) is 4.49. The van der Waals surface area contributed by atoms with Crippen LogP contribution in [0.1, 0.15) is 4.88 Å². The van der Waals surface area contributed by atoms with Gasteiger partial charge in [0.05, 0.1) is 12.3 Å². The number of pyridine rings is 1. The third-order valence-corrected chi connectivity index (χ3v) is 7.24. The maximum atomic E-state index is 12.6. The van der Waals surface area contributed by atoms with E-state index in [1.807, 2.05) is 35.7 Å². The van der Waals surface area contributed by atoms with Crippen LogP contribution in [0.25, 0.3) is 0 Å². The lowest BCUT2D eigenvalue weighted by atomic mass is 10.3. The lowest BCUT2D eigenvalue weighted by Gasteiger charge is -2.34. The van der Waals surface area contributed by atoms with Crippen LogP contribution in [0.2, 0.25) is 0 Å². The lowest BCUT2D eigenvalue weighted by Crippen LogP contribution is -2.50. The number of nitrogens with zero attached hydrogens (tertiary/aromatic N) is 4. The first-order chi connectivity index (χ1) is 13.6. The first kappa shape index (κ1) is 23.8. The van der Waals surface area contributed by atoms with Crippen LogP contribution >= 0.6 is 35.3 Å². The quantitative estimate of drug-likeness (QED) is 0.309. The molecule has 0 atom stereocenters. The molecule has 0 aliphatic carbocycles. The Labute approximate surface area is 193 Å². The third kappa shape index (κ3) is 7.08. The molecule has 0 bridgehead atoms. The SMILES string of the molecule is CN=C(NCCS(=O)(=O)N1CCN(c2ccccn2)CC1)NCc1cccs1.I. The van der Waals surface area contributed by atoms with Crippen molar-refractivity contribution in [2.75, 3.05) is 50.4 Å². The van der Waals surface area contributed by atoms with Crippen LogP contribution in [0.4, 0.5) is 5.82 Å². The molecule has 0 amide bonds. The van der Waals surface area contributed by atoms with E-state index in [0.29, 0.717) is 45.2 Å². The molecule has 1 saturated heterocycles. The fourth-order valence-corrected chi connectivity index (χ4v) is 4.95. The zero-order chi connectivity index (χ0) is 19.8. The van der Waals surface area contributed by atoms with Crippen molar-refractivity contribution >= 4 is 57.1 Å². The molecule has 2 aromatic heterocycles. The van der Waals surface area contributed by atoms with Crippen LogP contribution < -0.4 is 15.5 Å². The maximum absolute atomic E-state index is 12.6. The largest absolute Gasteiger partial charge is 0.355 e. The van der Waals surface area contributed by atoms with Crippen LogP contribution in [0.3, 0.4) is 0 Å². The Hall–Kier alpha value is -1.44. The van der Waals surface area contributed by atoms with Gasteiger partial charge in [0.15, 0.2) is 5.96 Å². The second-order valence-electron chi connectivity index (χ2n) is 6.32. The number of hydrogen-bond donors (Lipinski definition) is 2. The van der Waals surface area contributed by atoms with E-state index in [2.05, 4.69) is 25.5 Å². The van der Waals surface area contributed by atoms with Crippen molar-refractivity contribution in [3.63, 3.8) is 0 Å². The van der Waals surface area contributed by atoms with Gasteiger partial charge in [0.1, 0.15) is 5.82 Å². The average Bonchev–Trinajstić information content (AvgIpc) is 3.25. The molecule has 29 heavy (non-hydrogen) atoms. The van der Waals surface area contributed by atoms with E-state index in [1.165, 1.54) is 4.88 Å². The van der Waals surface area contributed by atoms with Gasteiger partial charge in [-0.15, -0.1) is 35.3 Å². The normalized spacial score (nSPS) is 15.6. The summed E-state index contributed by atoms with van der Waals surface area (Å²) >= 11 is 1.66. The average molecular weight is 550 g/mol. The van der Waals surface area contributed by atoms with E-state index in [0.717, 1.165) is 5.82 Å². The summed E-state index contributed by atoms with van der Waals surface area (Å²) < 4.78 is 26.8. The van der Waals surface area contributed by atoms with Crippen LogP contribution in [0, 0.1) is 0 Å². The Kier molecular flexibility index (Phi) is 9.59. The summed E-state index contributed by atoms with van der Waals surface area (Å²) in [5.74, 6) is 1.53. The Morgan fingerprint density at radius 1 is 1.17 bits per heavy atom. The van der Waals surface area contributed by atoms with Crippen molar-refractivity contribution in [2.24, 2.45) is 4.99 Å². The maximum Gasteiger partial charge on any atom is 0.215 e. The molecule has 2 aromatic rings. The topological polar surface area (TPSA) is 89.9 Å². The Balaban J connectivity index is 0.00000300. The molecule has 8 nitrogen and oxygen atoms in total. The second kappa shape index (κ2) is 11.7. The molecular formula is C18H27IN6O2S2. The predicted octanol–water partition coefficient (Wildman–Crippen LogP) is 1.58. The molecule has 0 radical (unpaired) electrons. The number of guanidine groups is 1. The Morgan fingerprint density at radius 3 is 2.59 bits per heavy atom. The van der Waals surface area contributed by atoms with Crippen LogP contribution in [0.5, 0.6) is 0 Å². The number of thiophene rings is 1. The number of sulfonamides is 1. The van der Waals surface area contributed by atoms with Gasteiger partial charge < -0.3 is 15.5 Å². The number of aromatic nitrogens is 1. The molecule has 3 heterocycles. The van der Waals surface area contributed by atoms with E-state index in [4.69, 9.17) is 0 Å². The van der Waals surface area contributed by atoms with Gasteiger partial charge >= 0.3 is 0 Å². The highest BCUT2D eigenvalue weighted by Gasteiger charge is 2.27. The highest BCUT2D eigenvalue weighted by atomic mass is 127. The summed E-state index contributed by atoms with van der Waals surface area (Å²) in [7, 11) is -1.63. The number of hydrogen-bond acceptors (Lipinski definition) is 6. The van der Waals surface area contributed by atoms with Crippen molar-refractivity contribution < 1.29 is 8.42 Å². The molecule has 3 rings (SSSR count). The van der Waals surface area contributed by atoms with E-state index in [-0.39, 0.29) is 29.7 Å². The minimum Gasteiger partial charge on any atom is -0.355 e. The van der Waals surface area contributed by atoms with Crippen molar-refractivity contribution in [1.82, 2.24) is 19.9 Å². The van der Waals surface area contributed by atoms with E-state index >= 15 is 0 Å².